The number of amides is 2. The van der Waals surface area contributed by atoms with Crippen LogP contribution in [0.15, 0.2) is 36.4 Å². The molecular formula is C20H24N2O2S. The van der Waals surface area contributed by atoms with Crippen LogP contribution in [0.2, 0.25) is 0 Å². The molecular weight excluding hydrogens is 332 g/mol. The van der Waals surface area contributed by atoms with Crippen LogP contribution in [0, 0.1) is 27.7 Å². The minimum absolute atomic E-state index is 0.0943. The van der Waals surface area contributed by atoms with Gasteiger partial charge in [0.25, 0.3) is 0 Å². The summed E-state index contributed by atoms with van der Waals surface area (Å²) in [6.07, 6.45) is 0. The van der Waals surface area contributed by atoms with Gasteiger partial charge in [-0.2, -0.15) is 0 Å². The molecule has 0 saturated carbocycles. The molecule has 132 valence electrons. The third-order valence-corrected chi connectivity index (χ3v) is 4.68. The fraction of sp³-hybridized carbons (Fsp3) is 0.300. The number of hydrogen-bond donors (Lipinski definition) is 2. The van der Waals surface area contributed by atoms with Crippen LogP contribution >= 0.6 is 11.8 Å². The molecule has 2 rings (SSSR count). The van der Waals surface area contributed by atoms with Gasteiger partial charge in [-0.25, -0.2) is 0 Å². The van der Waals surface area contributed by atoms with Gasteiger partial charge in [0.05, 0.1) is 11.5 Å². The molecule has 0 saturated heterocycles. The van der Waals surface area contributed by atoms with Crippen LogP contribution in [0.25, 0.3) is 0 Å². The van der Waals surface area contributed by atoms with Crippen molar-refractivity contribution >= 4 is 35.0 Å². The van der Waals surface area contributed by atoms with Crippen LogP contribution in [-0.4, -0.2) is 23.3 Å². The molecule has 0 aliphatic heterocycles. The second-order valence-corrected chi connectivity index (χ2v) is 7.21. The summed E-state index contributed by atoms with van der Waals surface area (Å²) in [6.45, 7) is 8.00. The lowest BCUT2D eigenvalue weighted by atomic mass is 10.1. The van der Waals surface area contributed by atoms with Gasteiger partial charge < -0.3 is 10.6 Å². The van der Waals surface area contributed by atoms with Crippen LogP contribution in [0.5, 0.6) is 0 Å². The molecule has 2 aromatic rings. The normalized spacial score (nSPS) is 10.4. The molecule has 25 heavy (non-hydrogen) atoms. The Hall–Kier alpha value is -2.27. The summed E-state index contributed by atoms with van der Waals surface area (Å²) in [4.78, 5) is 24.0. The summed E-state index contributed by atoms with van der Waals surface area (Å²) in [5.74, 6) is 0.286. The van der Waals surface area contributed by atoms with Gasteiger partial charge in [-0.3, -0.25) is 9.59 Å². The second kappa shape index (κ2) is 8.72. The molecule has 2 aromatic carbocycles. The summed E-state index contributed by atoms with van der Waals surface area (Å²) in [7, 11) is 0. The van der Waals surface area contributed by atoms with E-state index in [1.807, 2.05) is 64.1 Å². The van der Waals surface area contributed by atoms with E-state index in [-0.39, 0.29) is 23.3 Å². The highest BCUT2D eigenvalue weighted by Crippen LogP contribution is 2.22. The smallest absolute Gasteiger partial charge is 0.234 e. The lowest BCUT2D eigenvalue weighted by Gasteiger charge is -2.12. The average Bonchev–Trinajstić information content (AvgIpc) is 2.53. The number of thioether (sulfide) groups is 1. The van der Waals surface area contributed by atoms with Crippen molar-refractivity contribution in [2.24, 2.45) is 0 Å². The predicted molar refractivity (Wildman–Crippen MR) is 106 cm³/mol. The van der Waals surface area contributed by atoms with Crippen molar-refractivity contribution < 1.29 is 9.59 Å². The second-order valence-electron chi connectivity index (χ2n) is 6.23. The van der Waals surface area contributed by atoms with E-state index in [0.29, 0.717) is 0 Å². The summed E-state index contributed by atoms with van der Waals surface area (Å²) in [5, 5.41) is 5.77. The van der Waals surface area contributed by atoms with Crippen molar-refractivity contribution in [1.29, 1.82) is 0 Å². The van der Waals surface area contributed by atoms with Crippen molar-refractivity contribution in [3.63, 3.8) is 0 Å². The van der Waals surface area contributed by atoms with Gasteiger partial charge in [-0.1, -0.05) is 35.4 Å². The number of hydrogen-bond acceptors (Lipinski definition) is 3. The summed E-state index contributed by atoms with van der Waals surface area (Å²) < 4.78 is 0. The summed E-state index contributed by atoms with van der Waals surface area (Å²) in [5.41, 5.74) is 6.05. The highest BCUT2D eigenvalue weighted by Gasteiger charge is 2.10. The third-order valence-electron chi connectivity index (χ3n) is 3.74. The number of carbonyl (C=O) groups is 2. The number of rotatable bonds is 6. The molecule has 4 nitrogen and oxygen atoms in total. The van der Waals surface area contributed by atoms with Gasteiger partial charge in [-0.15, -0.1) is 11.8 Å². The standard InChI is InChI=1S/C20H24N2O2S/c1-13-5-7-17(8-6-13)21-18(23)11-25-12-19(24)22-20-15(3)9-14(2)10-16(20)4/h5-10H,11-12H2,1-4H3,(H,21,23)(H,22,24). The maximum atomic E-state index is 12.1. The van der Waals surface area contributed by atoms with Gasteiger partial charge in [0.2, 0.25) is 11.8 Å². The van der Waals surface area contributed by atoms with Crippen LogP contribution in [0.1, 0.15) is 22.3 Å². The van der Waals surface area contributed by atoms with E-state index in [1.165, 1.54) is 17.3 Å². The molecule has 0 aromatic heterocycles. The quantitative estimate of drug-likeness (QED) is 0.814. The molecule has 0 aliphatic carbocycles. The molecule has 0 unspecified atom stereocenters. The zero-order valence-electron chi connectivity index (χ0n) is 15.1. The van der Waals surface area contributed by atoms with Crippen molar-refractivity contribution in [3.8, 4) is 0 Å². The highest BCUT2D eigenvalue weighted by atomic mass is 32.2. The minimum atomic E-state index is -0.107. The Bertz CT molecular complexity index is 747. The van der Waals surface area contributed by atoms with Crippen LogP contribution < -0.4 is 10.6 Å². The van der Waals surface area contributed by atoms with Crippen LogP contribution in [-0.2, 0) is 9.59 Å². The van der Waals surface area contributed by atoms with Crippen molar-refractivity contribution in [2.75, 3.05) is 22.1 Å². The van der Waals surface area contributed by atoms with E-state index in [4.69, 9.17) is 0 Å². The lowest BCUT2D eigenvalue weighted by Crippen LogP contribution is -2.19. The molecule has 0 bridgehead atoms. The maximum absolute atomic E-state index is 12.1. The van der Waals surface area contributed by atoms with E-state index in [2.05, 4.69) is 10.6 Å². The number of anilines is 2. The fourth-order valence-corrected chi connectivity index (χ4v) is 3.24. The first-order valence-electron chi connectivity index (χ1n) is 8.17. The van der Waals surface area contributed by atoms with Gasteiger partial charge >= 0.3 is 0 Å². The molecule has 0 heterocycles. The molecule has 0 spiro atoms. The Kier molecular flexibility index (Phi) is 6.65. The topological polar surface area (TPSA) is 58.2 Å². The Morgan fingerprint density at radius 1 is 0.800 bits per heavy atom. The molecule has 0 radical (unpaired) electrons. The molecule has 0 atom stereocenters. The van der Waals surface area contributed by atoms with E-state index in [1.54, 1.807) is 0 Å². The highest BCUT2D eigenvalue weighted by molar-refractivity contribution is 8.00. The van der Waals surface area contributed by atoms with Gasteiger partial charge in [-0.05, 0) is 51.0 Å². The fourth-order valence-electron chi connectivity index (χ4n) is 2.62. The van der Waals surface area contributed by atoms with E-state index >= 15 is 0 Å². The molecule has 2 amide bonds. The first-order chi connectivity index (χ1) is 11.8. The Morgan fingerprint density at radius 2 is 1.32 bits per heavy atom. The lowest BCUT2D eigenvalue weighted by molar-refractivity contribution is -0.114. The Morgan fingerprint density at radius 3 is 1.88 bits per heavy atom. The molecule has 5 heteroatoms. The maximum Gasteiger partial charge on any atom is 0.234 e. The summed E-state index contributed by atoms with van der Waals surface area (Å²) >= 11 is 1.30. The van der Waals surface area contributed by atoms with Crippen LogP contribution in [0.3, 0.4) is 0 Å². The monoisotopic (exact) mass is 356 g/mol. The molecule has 0 aliphatic rings. The zero-order chi connectivity index (χ0) is 18.4. The van der Waals surface area contributed by atoms with Crippen molar-refractivity contribution in [2.45, 2.75) is 27.7 Å². The average molecular weight is 356 g/mol. The Labute approximate surface area is 153 Å². The first kappa shape index (κ1) is 19.1. The Balaban J connectivity index is 1.78. The predicted octanol–water partition coefficient (Wildman–Crippen LogP) is 4.23. The van der Waals surface area contributed by atoms with E-state index in [9.17, 15) is 9.59 Å². The first-order valence-corrected chi connectivity index (χ1v) is 9.32. The largest absolute Gasteiger partial charge is 0.325 e. The minimum Gasteiger partial charge on any atom is -0.325 e. The van der Waals surface area contributed by atoms with Crippen molar-refractivity contribution in [3.05, 3.63) is 58.7 Å². The number of aryl methyl sites for hydroxylation is 4. The molecule has 2 N–H and O–H groups in total. The SMILES string of the molecule is Cc1ccc(NC(=O)CSCC(=O)Nc2c(C)cc(C)cc2C)cc1. The van der Waals surface area contributed by atoms with Gasteiger partial charge in [0.1, 0.15) is 0 Å². The van der Waals surface area contributed by atoms with Gasteiger partial charge in [0, 0.05) is 11.4 Å². The molecule has 0 fully saturated rings. The summed E-state index contributed by atoms with van der Waals surface area (Å²) in [6, 6.07) is 11.7. The van der Waals surface area contributed by atoms with E-state index in [0.717, 1.165) is 28.1 Å². The zero-order valence-corrected chi connectivity index (χ0v) is 15.9. The van der Waals surface area contributed by atoms with Gasteiger partial charge in [0.15, 0.2) is 0 Å². The third kappa shape index (κ3) is 5.94. The van der Waals surface area contributed by atoms with Crippen molar-refractivity contribution in [1.82, 2.24) is 0 Å². The van der Waals surface area contributed by atoms with E-state index < -0.39 is 0 Å². The number of benzene rings is 2. The van der Waals surface area contributed by atoms with Crippen LogP contribution in [0.4, 0.5) is 11.4 Å². The number of nitrogens with one attached hydrogen (secondary N) is 2. The number of carbonyl (C=O) groups excluding carboxylic acids is 2.